The normalized spacial score (nSPS) is 12.0. The Bertz CT molecular complexity index is 708. The van der Waals surface area contributed by atoms with Crippen molar-refractivity contribution in [2.75, 3.05) is 25.1 Å². The molecule has 2 aromatic rings. The lowest BCUT2D eigenvalue weighted by atomic mass is 10.4. The number of anilines is 2. The van der Waals surface area contributed by atoms with Gasteiger partial charge in [-0.1, -0.05) is 0 Å². The van der Waals surface area contributed by atoms with Gasteiger partial charge in [-0.15, -0.1) is 11.3 Å². The van der Waals surface area contributed by atoms with Gasteiger partial charge in [0, 0.05) is 23.4 Å². The fourth-order valence-corrected chi connectivity index (χ4v) is 4.95. The van der Waals surface area contributed by atoms with Gasteiger partial charge < -0.3 is 11.1 Å². The molecule has 0 spiro atoms. The molecule has 0 aliphatic heterocycles. The van der Waals surface area contributed by atoms with Crippen LogP contribution in [0.25, 0.3) is 0 Å². The van der Waals surface area contributed by atoms with E-state index in [1.54, 1.807) is 11.3 Å². The number of nitrogens with zero attached hydrogens (tertiary/aromatic N) is 2. The summed E-state index contributed by atoms with van der Waals surface area (Å²) in [7, 11) is -0.682. The number of rotatable bonds is 5. The van der Waals surface area contributed by atoms with E-state index in [9.17, 15) is 8.42 Å². The molecule has 110 valence electrons. The number of thiophene rings is 1. The van der Waals surface area contributed by atoms with Gasteiger partial charge in [-0.25, -0.2) is 12.7 Å². The van der Waals surface area contributed by atoms with Crippen LogP contribution in [0.3, 0.4) is 0 Å². The number of hydrogen-bond donors (Lipinski definition) is 2. The third-order valence-electron chi connectivity index (χ3n) is 2.51. The summed E-state index contributed by atoms with van der Waals surface area (Å²) in [5.74, 6) is 0.0245. The number of nitrogen functional groups attached to an aromatic ring is 1. The summed E-state index contributed by atoms with van der Waals surface area (Å²) in [6.45, 7) is 0.510. The summed E-state index contributed by atoms with van der Waals surface area (Å²) >= 11 is 6.06. The molecular formula is C10H13BrN4O2S3. The van der Waals surface area contributed by atoms with E-state index in [-0.39, 0.29) is 10.7 Å². The zero-order valence-corrected chi connectivity index (χ0v) is 14.8. The molecule has 0 bridgehead atoms. The third kappa shape index (κ3) is 2.98. The first-order chi connectivity index (χ1) is 9.34. The van der Waals surface area contributed by atoms with Crippen LogP contribution in [0.2, 0.25) is 0 Å². The Kier molecular flexibility index (Phi) is 4.69. The van der Waals surface area contributed by atoms with Crippen molar-refractivity contribution in [2.24, 2.45) is 0 Å². The van der Waals surface area contributed by atoms with Crippen LogP contribution in [0.15, 0.2) is 20.8 Å². The average Bonchev–Trinajstić information content (AvgIpc) is 2.93. The van der Waals surface area contributed by atoms with Gasteiger partial charge in [0.1, 0.15) is 5.00 Å². The summed E-state index contributed by atoms with van der Waals surface area (Å²) in [6.07, 6.45) is 0. The first-order valence-corrected chi connectivity index (χ1v) is 9.36. The topological polar surface area (TPSA) is 88.3 Å². The van der Waals surface area contributed by atoms with Gasteiger partial charge in [0.05, 0.1) is 6.54 Å². The zero-order chi connectivity index (χ0) is 14.9. The lowest BCUT2D eigenvalue weighted by molar-refractivity contribution is 0.521. The first-order valence-electron chi connectivity index (χ1n) is 5.47. The minimum Gasteiger partial charge on any atom is -0.382 e. The molecule has 2 rings (SSSR count). The van der Waals surface area contributed by atoms with E-state index in [2.05, 4.69) is 25.6 Å². The highest BCUT2D eigenvalue weighted by Gasteiger charge is 2.27. The van der Waals surface area contributed by atoms with Gasteiger partial charge in [0.2, 0.25) is 10.0 Å². The van der Waals surface area contributed by atoms with E-state index in [1.807, 2.05) is 11.4 Å². The van der Waals surface area contributed by atoms with Crippen molar-refractivity contribution < 1.29 is 8.42 Å². The zero-order valence-electron chi connectivity index (χ0n) is 10.8. The second kappa shape index (κ2) is 5.98. The Balaban J connectivity index is 2.29. The molecular weight excluding hydrogens is 384 g/mol. The molecule has 20 heavy (non-hydrogen) atoms. The predicted octanol–water partition coefficient (Wildman–Crippen LogP) is 2.41. The van der Waals surface area contributed by atoms with E-state index < -0.39 is 10.0 Å². The van der Waals surface area contributed by atoms with E-state index in [0.717, 1.165) is 25.2 Å². The Morgan fingerprint density at radius 2 is 2.20 bits per heavy atom. The maximum Gasteiger partial charge on any atom is 0.249 e. The number of halogens is 1. The van der Waals surface area contributed by atoms with Crippen molar-refractivity contribution in [1.29, 1.82) is 0 Å². The second-order valence-electron chi connectivity index (χ2n) is 4.06. The molecule has 2 aromatic heterocycles. The summed E-state index contributed by atoms with van der Waals surface area (Å²) in [5.41, 5.74) is 5.69. The molecule has 0 aliphatic rings. The highest BCUT2D eigenvalue weighted by molar-refractivity contribution is 9.10. The molecule has 3 N–H and O–H groups in total. The lowest BCUT2D eigenvalue weighted by Gasteiger charge is -2.12. The van der Waals surface area contributed by atoms with Crippen LogP contribution in [-0.4, -0.2) is 31.2 Å². The minimum absolute atomic E-state index is 0.0245. The van der Waals surface area contributed by atoms with E-state index >= 15 is 0 Å². The average molecular weight is 397 g/mol. The Morgan fingerprint density at radius 1 is 1.50 bits per heavy atom. The highest BCUT2D eigenvalue weighted by Crippen LogP contribution is 2.34. The van der Waals surface area contributed by atoms with Crippen LogP contribution in [-0.2, 0) is 16.6 Å². The van der Waals surface area contributed by atoms with Crippen LogP contribution in [0, 0.1) is 0 Å². The fourth-order valence-electron chi connectivity index (χ4n) is 1.45. The standard InChI is InChI=1S/C10H13BrN4O2S3/c1-15(2)20(16,17)8-9(12)14-19-10(8)13-5-7-6(11)3-4-18-7/h3-4,13H,5H2,1-2H3,(H2,12,14). The summed E-state index contributed by atoms with van der Waals surface area (Å²) in [6, 6.07) is 1.94. The van der Waals surface area contributed by atoms with E-state index in [0.29, 0.717) is 11.5 Å². The van der Waals surface area contributed by atoms with Gasteiger partial charge in [0.15, 0.2) is 10.7 Å². The van der Waals surface area contributed by atoms with E-state index in [1.165, 1.54) is 14.1 Å². The van der Waals surface area contributed by atoms with Crippen molar-refractivity contribution >= 4 is 59.6 Å². The second-order valence-corrected chi connectivity index (χ2v) is 8.78. The van der Waals surface area contributed by atoms with Gasteiger partial charge in [-0.3, -0.25) is 0 Å². The summed E-state index contributed by atoms with van der Waals surface area (Å²) < 4.78 is 30.5. The number of aromatic nitrogens is 1. The van der Waals surface area contributed by atoms with E-state index in [4.69, 9.17) is 5.73 Å². The Hall–Kier alpha value is -0.680. The van der Waals surface area contributed by atoms with Crippen molar-refractivity contribution in [2.45, 2.75) is 11.4 Å². The van der Waals surface area contributed by atoms with Gasteiger partial charge in [-0.05, 0) is 38.9 Å². The number of nitrogens with two attached hydrogens (primary N) is 1. The lowest BCUT2D eigenvalue weighted by Crippen LogP contribution is -2.23. The number of hydrogen-bond acceptors (Lipinski definition) is 7. The molecule has 6 nitrogen and oxygen atoms in total. The largest absolute Gasteiger partial charge is 0.382 e. The third-order valence-corrected chi connectivity index (χ3v) is 7.28. The van der Waals surface area contributed by atoms with Crippen molar-refractivity contribution in [3.63, 3.8) is 0 Å². The van der Waals surface area contributed by atoms with Crippen molar-refractivity contribution in [3.05, 3.63) is 20.8 Å². The molecule has 2 heterocycles. The monoisotopic (exact) mass is 396 g/mol. The van der Waals surface area contributed by atoms with Crippen LogP contribution in [0.1, 0.15) is 4.88 Å². The molecule has 0 aromatic carbocycles. The molecule has 0 amide bonds. The van der Waals surface area contributed by atoms with Gasteiger partial charge >= 0.3 is 0 Å². The predicted molar refractivity (Wildman–Crippen MR) is 86.7 cm³/mol. The number of sulfonamides is 1. The Morgan fingerprint density at radius 3 is 2.75 bits per heavy atom. The summed E-state index contributed by atoms with van der Waals surface area (Å²) in [4.78, 5) is 1.12. The molecule has 10 heteroatoms. The smallest absolute Gasteiger partial charge is 0.249 e. The Labute approximate surface area is 134 Å². The minimum atomic E-state index is -3.61. The molecule has 0 radical (unpaired) electrons. The fraction of sp³-hybridized carbons (Fsp3) is 0.300. The van der Waals surface area contributed by atoms with Crippen LogP contribution >= 0.6 is 38.8 Å². The first kappa shape index (κ1) is 15.7. The quantitative estimate of drug-likeness (QED) is 0.809. The maximum atomic E-state index is 12.2. The van der Waals surface area contributed by atoms with Crippen LogP contribution in [0.4, 0.5) is 10.8 Å². The molecule has 0 aliphatic carbocycles. The molecule has 0 saturated carbocycles. The van der Waals surface area contributed by atoms with Crippen LogP contribution in [0.5, 0.6) is 0 Å². The van der Waals surface area contributed by atoms with Gasteiger partial charge in [0.25, 0.3) is 0 Å². The van der Waals surface area contributed by atoms with Gasteiger partial charge in [-0.2, -0.15) is 4.37 Å². The molecule has 0 fully saturated rings. The molecule has 0 unspecified atom stereocenters. The van der Waals surface area contributed by atoms with Crippen LogP contribution < -0.4 is 11.1 Å². The molecule has 0 saturated heterocycles. The SMILES string of the molecule is CN(C)S(=O)(=O)c1c(N)nsc1NCc1sccc1Br. The van der Waals surface area contributed by atoms with Crippen molar-refractivity contribution in [3.8, 4) is 0 Å². The maximum absolute atomic E-state index is 12.2. The highest BCUT2D eigenvalue weighted by atomic mass is 79.9. The molecule has 0 atom stereocenters. The van der Waals surface area contributed by atoms with Crippen molar-refractivity contribution in [1.82, 2.24) is 8.68 Å². The summed E-state index contributed by atoms with van der Waals surface area (Å²) in [5, 5.41) is 5.50. The number of nitrogens with one attached hydrogen (secondary N) is 1.